The number of aromatic nitrogens is 1. The molecule has 0 amide bonds. The first-order chi connectivity index (χ1) is 11.1. The van der Waals surface area contributed by atoms with E-state index >= 15 is 0 Å². The number of nitrogens with one attached hydrogen (secondary N) is 1. The molecule has 4 nitrogen and oxygen atoms in total. The highest BCUT2D eigenvalue weighted by Crippen LogP contribution is 2.31. The number of aromatic amines is 1. The van der Waals surface area contributed by atoms with Crippen molar-refractivity contribution in [3.63, 3.8) is 0 Å². The standard InChI is InChI=1S/C19H14N2O2/c1-12-10-16(17(11-20)19(23)21-12)14-8-6-13(7-9-14)15-4-2-3-5-18(15)22/h2-10,22H,1H3,(H,21,23). The van der Waals surface area contributed by atoms with Gasteiger partial charge in [0.25, 0.3) is 5.56 Å². The molecule has 0 atom stereocenters. The molecule has 3 rings (SSSR count). The summed E-state index contributed by atoms with van der Waals surface area (Å²) in [6.07, 6.45) is 0. The fraction of sp³-hybridized carbons (Fsp3) is 0.0526. The fourth-order valence-corrected chi connectivity index (χ4v) is 2.57. The molecule has 1 aromatic heterocycles. The monoisotopic (exact) mass is 302 g/mol. The van der Waals surface area contributed by atoms with Crippen LogP contribution in [0.1, 0.15) is 11.3 Å². The number of phenolic OH excluding ortho intramolecular Hbond substituents is 1. The van der Waals surface area contributed by atoms with Crippen LogP contribution in [0.4, 0.5) is 0 Å². The number of nitrogens with zero attached hydrogens (tertiary/aromatic N) is 1. The van der Waals surface area contributed by atoms with Gasteiger partial charge in [-0.05, 0) is 30.2 Å². The van der Waals surface area contributed by atoms with Crippen molar-refractivity contribution in [1.82, 2.24) is 4.98 Å². The summed E-state index contributed by atoms with van der Waals surface area (Å²) in [6, 6.07) is 18.3. The Hall–Kier alpha value is -3.32. The van der Waals surface area contributed by atoms with Gasteiger partial charge < -0.3 is 10.1 Å². The average molecular weight is 302 g/mol. The largest absolute Gasteiger partial charge is 0.507 e. The van der Waals surface area contributed by atoms with Crippen LogP contribution in [0.2, 0.25) is 0 Å². The Morgan fingerprint density at radius 1 is 1.00 bits per heavy atom. The first kappa shape index (κ1) is 14.6. The summed E-state index contributed by atoms with van der Waals surface area (Å²) >= 11 is 0. The molecule has 3 aromatic rings. The predicted molar refractivity (Wildman–Crippen MR) is 89.1 cm³/mol. The zero-order chi connectivity index (χ0) is 16.4. The third-order valence-electron chi connectivity index (χ3n) is 3.69. The number of aryl methyl sites for hydroxylation is 1. The van der Waals surface area contributed by atoms with Crippen LogP contribution >= 0.6 is 0 Å². The van der Waals surface area contributed by atoms with E-state index in [-0.39, 0.29) is 16.9 Å². The van der Waals surface area contributed by atoms with Crippen molar-refractivity contribution in [3.8, 4) is 34.1 Å². The quantitative estimate of drug-likeness (QED) is 0.759. The van der Waals surface area contributed by atoms with Crippen LogP contribution < -0.4 is 5.56 Å². The number of hydrogen-bond donors (Lipinski definition) is 2. The summed E-state index contributed by atoms with van der Waals surface area (Å²) in [6.45, 7) is 1.78. The lowest BCUT2D eigenvalue weighted by atomic mass is 9.97. The maximum atomic E-state index is 11.9. The lowest BCUT2D eigenvalue weighted by Crippen LogP contribution is -2.12. The van der Waals surface area contributed by atoms with Gasteiger partial charge in [0.15, 0.2) is 0 Å². The van der Waals surface area contributed by atoms with Crippen molar-refractivity contribution >= 4 is 0 Å². The number of rotatable bonds is 2. The number of phenols is 1. The summed E-state index contributed by atoms with van der Waals surface area (Å²) < 4.78 is 0. The number of H-pyrrole nitrogens is 1. The molecule has 1 heterocycles. The average Bonchev–Trinajstić information content (AvgIpc) is 2.55. The molecule has 23 heavy (non-hydrogen) atoms. The minimum absolute atomic E-state index is 0.103. The molecule has 0 saturated carbocycles. The molecule has 0 saturated heterocycles. The Kier molecular flexibility index (Phi) is 3.70. The second-order valence-electron chi connectivity index (χ2n) is 5.28. The zero-order valence-electron chi connectivity index (χ0n) is 12.5. The Morgan fingerprint density at radius 2 is 1.61 bits per heavy atom. The number of para-hydroxylation sites is 1. The molecule has 2 aromatic carbocycles. The van der Waals surface area contributed by atoms with E-state index in [0.717, 1.165) is 16.7 Å². The number of benzene rings is 2. The number of nitriles is 1. The Balaban J connectivity index is 2.10. The third-order valence-corrected chi connectivity index (χ3v) is 3.69. The Morgan fingerprint density at radius 3 is 2.22 bits per heavy atom. The molecule has 0 bridgehead atoms. The lowest BCUT2D eigenvalue weighted by Gasteiger charge is -2.08. The van der Waals surface area contributed by atoms with Gasteiger partial charge in [0.05, 0.1) is 0 Å². The number of pyridine rings is 1. The minimum Gasteiger partial charge on any atom is -0.507 e. The summed E-state index contributed by atoms with van der Waals surface area (Å²) in [7, 11) is 0. The van der Waals surface area contributed by atoms with Crippen LogP contribution in [0.25, 0.3) is 22.3 Å². The highest BCUT2D eigenvalue weighted by Gasteiger charge is 2.11. The normalized spacial score (nSPS) is 10.3. The highest BCUT2D eigenvalue weighted by atomic mass is 16.3. The SMILES string of the molecule is Cc1cc(-c2ccc(-c3ccccc3O)cc2)c(C#N)c(=O)[nH]1. The first-order valence-corrected chi connectivity index (χ1v) is 7.13. The summed E-state index contributed by atoms with van der Waals surface area (Å²) in [5, 5.41) is 19.1. The summed E-state index contributed by atoms with van der Waals surface area (Å²) in [5.41, 5.74) is 3.42. The second kappa shape index (κ2) is 5.82. The molecule has 0 aliphatic rings. The van der Waals surface area contributed by atoms with Gasteiger partial charge >= 0.3 is 0 Å². The van der Waals surface area contributed by atoms with Crippen molar-refractivity contribution in [1.29, 1.82) is 5.26 Å². The highest BCUT2D eigenvalue weighted by molar-refractivity contribution is 5.76. The summed E-state index contributed by atoms with van der Waals surface area (Å²) in [4.78, 5) is 14.5. The van der Waals surface area contributed by atoms with Crippen molar-refractivity contribution in [2.75, 3.05) is 0 Å². The number of aromatic hydroxyl groups is 1. The van der Waals surface area contributed by atoms with Crippen LogP contribution in [-0.4, -0.2) is 10.1 Å². The van der Waals surface area contributed by atoms with Gasteiger partial charge in [-0.2, -0.15) is 5.26 Å². The Bertz CT molecular complexity index is 964. The smallest absolute Gasteiger partial charge is 0.266 e. The van der Waals surface area contributed by atoms with Crippen LogP contribution in [0.3, 0.4) is 0 Å². The molecule has 2 N–H and O–H groups in total. The topological polar surface area (TPSA) is 76.9 Å². The fourth-order valence-electron chi connectivity index (χ4n) is 2.57. The van der Waals surface area contributed by atoms with Gasteiger partial charge in [0.2, 0.25) is 0 Å². The van der Waals surface area contributed by atoms with E-state index in [1.54, 1.807) is 25.1 Å². The van der Waals surface area contributed by atoms with Crippen LogP contribution in [0.5, 0.6) is 5.75 Å². The summed E-state index contributed by atoms with van der Waals surface area (Å²) in [5.74, 6) is 0.213. The van der Waals surface area contributed by atoms with Gasteiger partial charge in [0.1, 0.15) is 17.4 Å². The van der Waals surface area contributed by atoms with E-state index in [9.17, 15) is 15.2 Å². The maximum absolute atomic E-state index is 11.9. The minimum atomic E-state index is -0.382. The maximum Gasteiger partial charge on any atom is 0.266 e. The van der Waals surface area contributed by atoms with E-state index in [1.807, 2.05) is 42.5 Å². The lowest BCUT2D eigenvalue weighted by molar-refractivity contribution is 0.477. The van der Waals surface area contributed by atoms with E-state index in [1.165, 1.54) is 0 Å². The van der Waals surface area contributed by atoms with E-state index in [0.29, 0.717) is 11.3 Å². The van der Waals surface area contributed by atoms with Crippen molar-refractivity contribution in [3.05, 3.63) is 76.2 Å². The molecule has 4 heteroatoms. The Labute approximate surface area is 133 Å². The van der Waals surface area contributed by atoms with Gasteiger partial charge in [-0.15, -0.1) is 0 Å². The molecule has 0 fully saturated rings. The van der Waals surface area contributed by atoms with Crippen molar-refractivity contribution < 1.29 is 5.11 Å². The molecular weight excluding hydrogens is 288 g/mol. The van der Waals surface area contributed by atoms with E-state index in [2.05, 4.69) is 4.98 Å². The molecule has 0 spiro atoms. The molecule has 112 valence electrons. The van der Waals surface area contributed by atoms with Crippen LogP contribution in [-0.2, 0) is 0 Å². The van der Waals surface area contributed by atoms with Crippen molar-refractivity contribution in [2.45, 2.75) is 6.92 Å². The second-order valence-corrected chi connectivity index (χ2v) is 5.28. The van der Waals surface area contributed by atoms with Crippen LogP contribution in [0.15, 0.2) is 59.4 Å². The van der Waals surface area contributed by atoms with Gasteiger partial charge in [-0.25, -0.2) is 0 Å². The van der Waals surface area contributed by atoms with Gasteiger partial charge in [0, 0.05) is 16.8 Å². The molecule has 0 aliphatic heterocycles. The zero-order valence-corrected chi connectivity index (χ0v) is 12.5. The van der Waals surface area contributed by atoms with Gasteiger partial charge in [-0.1, -0.05) is 42.5 Å². The third kappa shape index (κ3) is 2.72. The van der Waals surface area contributed by atoms with Crippen molar-refractivity contribution in [2.24, 2.45) is 0 Å². The predicted octanol–water partition coefficient (Wildman–Crippen LogP) is 3.59. The molecule has 0 aliphatic carbocycles. The van der Waals surface area contributed by atoms with Crippen LogP contribution in [0, 0.1) is 18.3 Å². The van der Waals surface area contributed by atoms with E-state index < -0.39 is 0 Å². The molecular formula is C19H14N2O2. The molecule has 0 radical (unpaired) electrons. The van der Waals surface area contributed by atoms with E-state index in [4.69, 9.17) is 0 Å². The van der Waals surface area contributed by atoms with Gasteiger partial charge in [-0.3, -0.25) is 4.79 Å². The first-order valence-electron chi connectivity index (χ1n) is 7.13. The number of hydrogen-bond acceptors (Lipinski definition) is 3. The molecule has 0 unspecified atom stereocenters.